The molecule has 1 atom stereocenters. The van der Waals surface area contributed by atoms with E-state index in [0.29, 0.717) is 5.92 Å². The Kier molecular flexibility index (Phi) is 5.69. The lowest BCUT2D eigenvalue weighted by Gasteiger charge is -2.28. The average molecular weight is 214 g/mol. The van der Waals surface area contributed by atoms with Gasteiger partial charge in [-0.2, -0.15) is 0 Å². The Bertz CT molecular complexity index is 192. The molecule has 0 aromatic heterocycles. The molecule has 0 aliphatic heterocycles. The minimum atomic E-state index is 0.0519. The number of amides is 2. The van der Waals surface area contributed by atoms with E-state index >= 15 is 0 Å². The molecule has 0 aliphatic carbocycles. The predicted molar refractivity (Wildman–Crippen MR) is 64.9 cm³/mol. The molecular formula is C12H26N2O. The van der Waals surface area contributed by atoms with Crippen molar-refractivity contribution in [1.82, 2.24) is 10.2 Å². The van der Waals surface area contributed by atoms with Crippen molar-refractivity contribution in [1.29, 1.82) is 0 Å². The van der Waals surface area contributed by atoms with Gasteiger partial charge in [-0.15, -0.1) is 0 Å². The van der Waals surface area contributed by atoms with Crippen LogP contribution in [0.2, 0.25) is 0 Å². The van der Waals surface area contributed by atoms with Crippen LogP contribution >= 0.6 is 0 Å². The van der Waals surface area contributed by atoms with Gasteiger partial charge in [0, 0.05) is 19.6 Å². The van der Waals surface area contributed by atoms with Gasteiger partial charge in [-0.1, -0.05) is 27.7 Å². The zero-order chi connectivity index (χ0) is 12.1. The van der Waals surface area contributed by atoms with E-state index in [2.05, 4.69) is 33.0 Å². The molecule has 3 nitrogen and oxygen atoms in total. The summed E-state index contributed by atoms with van der Waals surface area (Å²) in [5.41, 5.74) is 0.247. The molecule has 0 rings (SSSR count). The Labute approximate surface area is 94.2 Å². The van der Waals surface area contributed by atoms with Crippen LogP contribution in [0.5, 0.6) is 0 Å². The smallest absolute Gasteiger partial charge is 0.317 e. The van der Waals surface area contributed by atoms with Crippen LogP contribution in [0, 0.1) is 11.3 Å². The van der Waals surface area contributed by atoms with E-state index in [4.69, 9.17) is 0 Å². The van der Waals surface area contributed by atoms with Crippen molar-refractivity contribution in [2.24, 2.45) is 11.3 Å². The maximum absolute atomic E-state index is 11.7. The van der Waals surface area contributed by atoms with Crippen LogP contribution in [0.1, 0.15) is 41.5 Å². The Morgan fingerprint density at radius 2 is 1.73 bits per heavy atom. The summed E-state index contributed by atoms with van der Waals surface area (Å²) in [7, 11) is 0. The van der Waals surface area contributed by atoms with E-state index in [1.54, 1.807) is 4.90 Å². The maximum Gasteiger partial charge on any atom is 0.317 e. The molecule has 0 fully saturated rings. The molecule has 15 heavy (non-hydrogen) atoms. The fourth-order valence-corrected chi connectivity index (χ4v) is 1.17. The van der Waals surface area contributed by atoms with Crippen molar-refractivity contribution in [2.75, 3.05) is 19.6 Å². The number of rotatable bonds is 4. The van der Waals surface area contributed by atoms with Crippen LogP contribution in [0.25, 0.3) is 0 Å². The highest BCUT2D eigenvalue weighted by Gasteiger charge is 2.20. The topological polar surface area (TPSA) is 32.3 Å². The van der Waals surface area contributed by atoms with Gasteiger partial charge in [0.2, 0.25) is 0 Å². The third kappa shape index (κ3) is 5.05. The quantitative estimate of drug-likeness (QED) is 0.766. The summed E-state index contributed by atoms with van der Waals surface area (Å²) in [5, 5.41) is 2.98. The van der Waals surface area contributed by atoms with Crippen LogP contribution in [-0.4, -0.2) is 30.6 Å². The molecule has 0 aromatic carbocycles. The number of urea groups is 1. The first-order valence-electron chi connectivity index (χ1n) is 5.85. The lowest BCUT2D eigenvalue weighted by Crippen LogP contribution is -2.42. The molecule has 0 aromatic rings. The van der Waals surface area contributed by atoms with Gasteiger partial charge in [0.1, 0.15) is 0 Å². The molecule has 3 heteroatoms. The number of nitrogens with zero attached hydrogens (tertiary/aromatic N) is 1. The zero-order valence-corrected chi connectivity index (χ0v) is 11.1. The summed E-state index contributed by atoms with van der Waals surface area (Å²) in [5.74, 6) is 0.483. The second-order valence-corrected chi connectivity index (χ2v) is 5.13. The number of hydrogen-bond donors (Lipinski definition) is 1. The second-order valence-electron chi connectivity index (χ2n) is 5.13. The number of carbonyl (C=O) groups is 1. The van der Waals surface area contributed by atoms with Gasteiger partial charge in [0.25, 0.3) is 0 Å². The Hall–Kier alpha value is -0.730. The highest BCUT2D eigenvalue weighted by molar-refractivity contribution is 5.74. The van der Waals surface area contributed by atoms with Crippen molar-refractivity contribution in [3.63, 3.8) is 0 Å². The average Bonchev–Trinajstić information content (AvgIpc) is 2.14. The third-order valence-electron chi connectivity index (χ3n) is 3.09. The molecule has 0 bridgehead atoms. The van der Waals surface area contributed by atoms with Gasteiger partial charge in [-0.05, 0) is 25.2 Å². The number of carbonyl (C=O) groups excluding carboxylic acids is 1. The summed E-state index contributed by atoms with van der Waals surface area (Å²) >= 11 is 0. The molecule has 0 saturated carbocycles. The maximum atomic E-state index is 11.7. The molecule has 2 amide bonds. The molecule has 1 N–H and O–H groups in total. The Balaban J connectivity index is 4.00. The monoisotopic (exact) mass is 214 g/mol. The highest BCUT2D eigenvalue weighted by Crippen LogP contribution is 2.24. The van der Waals surface area contributed by atoms with Gasteiger partial charge in [0.15, 0.2) is 0 Å². The third-order valence-corrected chi connectivity index (χ3v) is 3.09. The van der Waals surface area contributed by atoms with Crippen LogP contribution in [0.3, 0.4) is 0 Å². The lowest BCUT2D eigenvalue weighted by molar-refractivity contribution is 0.193. The molecule has 0 heterocycles. The first-order valence-corrected chi connectivity index (χ1v) is 5.85. The van der Waals surface area contributed by atoms with Crippen LogP contribution in [0.4, 0.5) is 4.79 Å². The normalized spacial score (nSPS) is 13.5. The standard InChI is InChI=1S/C12H26N2O/c1-7-14(8-2)11(15)13-9-10(3)12(4,5)6/h10H,7-9H2,1-6H3,(H,13,15). The van der Waals surface area contributed by atoms with Crippen molar-refractivity contribution in [3.8, 4) is 0 Å². The first-order chi connectivity index (χ1) is 6.82. The SMILES string of the molecule is CCN(CC)C(=O)NCC(C)C(C)(C)C. The molecule has 0 spiro atoms. The van der Waals surface area contributed by atoms with Crippen LogP contribution in [0.15, 0.2) is 0 Å². The summed E-state index contributed by atoms with van der Waals surface area (Å²) in [4.78, 5) is 13.5. The Morgan fingerprint density at radius 3 is 2.07 bits per heavy atom. The minimum absolute atomic E-state index is 0.0519. The van der Waals surface area contributed by atoms with Gasteiger partial charge >= 0.3 is 6.03 Å². The van der Waals surface area contributed by atoms with E-state index in [1.165, 1.54) is 0 Å². The highest BCUT2D eigenvalue weighted by atomic mass is 16.2. The van der Waals surface area contributed by atoms with Crippen molar-refractivity contribution in [3.05, 3.63) is 0 Å². The van der Waals surface area contributed by atoms with E-state index in [1.807, 2.05) is 13.8 Å². The predicted octanol–water partition coefficient (Wildman–Crippen LogP) is 2.72. The van der Waals surface area contributed by atoms with Gasteiger partial charge in [-0.3, -0.25) is 0 Å². The molecule has 1 unspecified atom stereocenters. The number of nitrogens with one attached hydrogen (secondary N) is 1. The first kappa shape index (κ1) is 14.3. The van der Waals surface area contributed by atoms with Gasteiger partial charge < -0.3 is 10.2 Å². The molecule has 0 aliphatic rings. The summed E-state index contributed by atoms with van der Waals surface area (Å²) in [6.07, 6.45) is 0. The van der Waals surface area contributed by atoms with E-state index < -0.39 is 0 Å². The molecule has 90 valence electrons. The molecule has 0 radical (unpaired) electrons. The minimum Gasteiger partial charge on any atom is -0.338 e. The summed E-state index contributed by atoms with van der Waals surface area (Å²) in [6.45, 7) is 15.0. The van der Waals surface area contributed by atoms with E-state index in [9.17, 15) is 4.79 Å². The summed E-state index contributed by atoms with van der Waals surface area (Å²) < 4.78 is 0. The fourth-order valence-electron chi connectivity index (χ4n) is 1.17. The number of hydrogen-bond acceptors (Lipinski definition) is 1. The van der Waals surface area contributed by atoms with E-state index in [0.717, 1.165) is 19.6 Å². The zero-order valence-electron chi connectivity index (χ0n) is 11.1. The van der Waals surface area contributed by atoms with Crippen LogP contribution < -0.4 is 5.32 Å². The summed E-state index contributed by atoms with van der Waals surface area (Å²) in [6, 6.07) is 0.0519. The van der Waals surface area contributed by atoms with Crippen molar-refractivity contribution < 1.29 is 4.79 Å². The second kappa shape index (κ2) is 5.99. The van der Waals surface area contributed by atoms with Gasteiger partial charge in [0.05, 0.1) is 0 Å². The van der Waals surface area contributed by atoms with Crippen molar-refractivity contribution >= 4 is 6.03 Å². The van der Waals surface area contributed by atoms with E-state index in [-0.39, 0.29) is 11.4 Å². The van der Waals surface area contributed by atoms with Gasteiger partial charge in [-0.25, -0.2) is 4.79 Å². The van der Waals surface area contributed by atoms with Crippen LogP contribution in [-0.2, 0) is 0 Å². The Morgan fingerprint density at radius 1 is 1.27 bits per heavy atom. The van der Waals surface area contributed by atoms with Crippen molar-refractivity contribution in [2.45, 2.75) is 41.5 Å². The lowest BCUT2D eigenvalue weighted by atomic mass is 9.82. The molecular weight excluding hydrogens is 188 g/mol. The largest absolute Gasteiger partial charge is 0.338 e. The molecule has 0 saturated heterocycles. The fraction of sp³-hybridized carbons (Fsp3) is 0.917.